The van der Waals surface area contributed by atoms with Gasteiger partial charge in [-0.1, -0.05) is 18.2 Å². The minimum atomic E-state index is -0.216. The second kappa shape index (κ2) is 7.45. The predicted octanol–water partition coefficient (Wildman–Crippen LogP) is 3.18. The van der Waals surface area contributed by atoms with Crippen LogP contribution in [0.15, 0.2) is 67.0 Å². The summed E-state index contributed by atoms with van der Waals surface area (Å²) in [6.45, 7) is 0.0107. The molecule has 2 heterocycles. The second-order valence-corrected chi connectivity index (χ2v) is 6.51. The summed E-state index contributed by atoms with van der Waals surface area (Å²) in [6, 6.07) is 17.1. The van der Waals surface area contributed by atoms with E-state index in [2.05, 4.69) is 10.4 Å². The predicted molar refractivity (Wildman–Crippen MR) is 104 cm³/mol. The van der Waals surface area contributed by atoms with Gasteiger partial charge in [0.25, 0.3) is 0 Å². The Labute approximate surface area is 157 Å². The number of hydrogen-bond donors (Lipinski definition) is 1. The third-order valence-corrected chi connectivity index (χ3v) is 4.64. The Hall–Kier alpha value is -3.41. The molecule has 1 aromatic heterocycles. The molecule has 0 fully saturated rings. The molecular formula is C21H20N4O2. The Bertz CT molecular complexity index is 949. The molecule has 1 aliphatic heterocycles. The van der Waals surface area contributed by atoms with Crippen molar-refractivity contribution >= 4 is 23.2 Å². The highest BCUT2D eigenvalue weighted by Gasteiger charge is 2.23. The molecule has 0 spiro atoms. The number of rotatable bonds is 4. The van der Waals surface area contributed by atoms with Gasteiger partial charge in [0.15, 0.2) is 0 Å². The Kier molecular flexibility index (Phi) is 4.70. The molecule has 0 bridgehead atoms. The normalized spacial score (nSPS) is 13.8. The van der Waals surface area contributed by atoms with E-state index in [1.54, 1.807) is 15.8 Å². The van der Waals surface area contributed by atoms with Crippen molar-refractivity contribution in [3.63, 3.8) is 0 Å². The lowest BCUT2D eigenvalue weighted by Crippen LogP contribution is -2.37. The number of carbonyl (C=O) groups excluding carboxylic acids is 2. The van der Waals surface area contributed by atoms with Crippen LogP contribution in [0.4, 0.5) is 11.4 Å². The summed E-state index contributed by atoms with van der Waals surface area (Å²) in [6.07, 6.45) is 5.69. The lowest BCUT2D eigenvalue weighted by molar-refractivity contribution is -0.121. The summed E-state index contributed by atoms with van der Waals surface area (Å²) in [7, 11) is 0. The first-order valence-electron chi connectivity index (χ1n) is 8.99. The number of nitrogens with zero attached hydrogens (tertiary/aromatic N) is 3. The maximum absolute atomic E-state index is 12.5. The van der Waals surface area contributed by atoms with Crippen molar-refractivity contribution in [3.05, 3.63) is 72.6 Å². The highest BCUT2D eigenvalue weighted by Crippen LogP contribution is 2.26. The van der Waals surface area contributed by atoms with Gasteiger partial charge in [-0.3, -0.25) is 9.59 Å². The number of anilines is 2. The summed E-state index contributed by atoms with van der Waals surface area (Å²) in [5.41, 5.74) is 3.55. The van der Waals surface area contributed by atoms with Crippen LogP contribution < -0.4 is 10.2 Å². The highest BCUT2D eigenvalue weighted by atomic mass is 16.2. The van der Waals surface area contributed by atoms with Crippen LogP contribution >= 0.6 is 0 Å². The van der Waals surface area contributed by atoms with E-state index in [0.717, 1.165) is 29.8 Å². The summed E-state index contributed by atoms with van der Waals surface area (Å²) < 4.78 is 1.75. The average Bonchev–Trinajstić information content (AvgIpc) is 3.17. The van der Waals surface area contributed by atoms with Gasteiger partial charge in [0.05, 0.1) is 5.69 Å². The van der Waals surface area contributed by atoms with E-state index in [-0.39, 0.29) is 18.4 Å². The number of benzene rings is 2. The minimum Gasteiger partial charge on any atom is -0.325 e. The molecule has 2 aromatic carbocycles. The SMILES string of the molecule is O=C(CN1C(=O)CCCc2ccccc21)Nc1ccc(-n2cccn2)cc1. The van der Waals surface area contributed by atoms with E-state index < -0.39 is 0 Å². The molecular weight excluding hydrogens is 340 g/mol. The van der Waals surface area contributed by atoms with Gasteiger partial charge in [0.2, 0.25) is 11.8 Å². The number of aromatic nitrogens is 2. The molecule has 27 heavy (non-hydrogen) atoms. The van der Waals surface area contributed by atoms with Crippen molar-refractivity contribution in [3.8, 4) is 5.69 Å². The van der Waals surface area contributed by atoms with Gasteiger partial charge in [-0.05, 0) is 54.8 Å². The minimum absolute atomic E-state index is 0.0101. The van der Waals surface area contributed by atoms with Gasteiger partial charge >= 0.3 is 0 Å². The van der Waals surface area contributed by atoms with Gasteiger partial charge in [-0.15, -0.1) is 0 Å². The largest absolute Gasteiger partial charge is 0.325 e. The molecule has 4 rings (SSSR count). The molecule has 6 nitrogen and oxygen atoms in total. The molecule has 0 saturated heterocycles. The summed E-state index contributed by atoms with van der Waals surface area (Å²) in [5.74, 6) is -0.226. The Morgan fingerprint density at radius 1 is 1.04 bits per heavy atom. The van der Waals surface area contributed by atoms with Crippen LogP contribution in [0.2, 0.25) is 0 Å². The molecule has 3 aromatic rings. The third kappa shape index (κ3) is 3.74. The van der Waals surface area contributed by atoms with Crippen LogP contribution in [-0.2, 0) is 16.0 Å². The third-order valence-electron chi connectivity index (χ3n) is 4.64. The van der Waals surface area contributed by atoms with E-state index in [1.807, 2.05) is 60.8 Å². The van der Waals surface area contributed by atoms with E-state index in [1.165, 1.54) is 0 Å². The topological polar surface area (TPSA) is 67.2 Å². The number of nitrogens with one attached hydrogen (secondary N) is 1. The standard InChI is InChI=1S/C21H20N4O2/c26-20(23-17-9-11-18(12-10-17)25-14-4-13-22-25)15-24-19-7-2-1-5-16(19)6-3-8-21(24)27/h1-2,4-5,7,9-14H,3,6,8,15H2,(H,23,26). The van der Waals surface area contributed by atoms with E-state index in [9.17, 15) is 9.59 Å². The molecule has 0 radical (unpaired) electrons. The van der Waals surface area contributed by atoms with Gasteiger partial charge < -0.3 is 10.2 Å². The fourth-order valence-corrected chi connectivity index (χ4v) is 3.32. The van der Waals surface area contributed by atoms with Crippen molar-refractivity contribution in [1.82, 2.24) is 9.78 Å². The zero-order valence-corrected chi connectivity index (χ0v) is 14.8. The number of aryl methyl sites for hydroxylation is 1. The smallest absolute Gasteiger partial charge is 0.244 e. The highest BCUT2D eigenvalue weighted by molar-refractivity contribution is 6.03. The molecule has 0 saturated carbocycles. The quantitative estimate of drug-likeness (QED) is 0.777. The molecule has 1 aliphatic rings. The van der Waals surface area contributed by atoms with Gasteiger partial charge in [-0.2, -0.15) is 5.10 Å². The Morgan fingerprint density at radius 3 is 2.63 bits per heavy atom. The van der Waals surface area contributed by atoms with Crippen LogP contribution in [0.3, 0.4) is 0 Å². The van der Waals surface area contributed by atoms with Crippen LogP contribution in [-0.4, -0.2) is 28.1 Å². The van der Waals surface area contributed by atoms with Gasteiger partial charge in [0.1, 0.15) is 6.54 Å². The molecule has 1 N–H and O–H groups in total. The summed E-state index contributed by atoms with van der Waals surface area (Å²) in [5, 5.41) is 7.05. The first kappa shape index (κ1) is 17.0. The zero-order valence-electron chi connectivity index (χ0n) is 14.8. The number of carbonyl (C=O) groups is 2. The fourth-order valence-electron chi connectivity index (χ4n) is 3.32. The molecule has 2 amide bonds. The lowest BCUT2D eigenvalue weighted by Gasteiger charge is -2.22. The zero-order chi connectivity index (χ0) is 18.6. The Balaban J connectivity index is 1.47. The fraction of sp³-hybridized carbons (Fsp3) is 0.190. The first-order valence-corrected chi connectivity index (χ1v) is 8.99. The number of hydrogen-bond acceptors (Lipinski definition) is 3. The molecule has 6 heteroatoms. The van der Waals surface area contributed by atoms with E-state index in [4.69, 9.17) is 0 Å². The van der Waals surface area contributed by atoms with Crippen LogP contribution in [0.1, 0.15) is 18.4 Å². The molecule has 0 unspecified atom stereocenters. The van der Waals surface area contributed by atoms with Crippen molar-refractivity contribution in [2.45, 2.75) is 19.3 Å². The monoisotopic (exact) mass is 360 g/mol. The number of para-hydroxylation sites is 1. The maximum atomic E-state index is 12.5. The van der Waals surface area contributed by atoms with Crippen molar-refractivity contribution in [1.29, 1.82) is 0 Å². The molecule has 0 atom stereocenters. The average molecular weight is 360 g/mol. The molecule has 136 valence electrons. The first-order chi connectivity index (χ1) is 13.2. The lowest BCUT2D eigenvalue weighted by atomic mass is 10.1. The molecule has 0 aliphatic carbocycles. The van der Waals surface area contributed by atoms with Gasteiger partial charge in [0, 0.05) is 30.2 Å². The van der Waals surface area contributed by atoms with Crippen molar-refractivity contribution in [2.75, 3.05) is 16.8 Å². The van der Waals surface area contributed by atoms with Crippen LogP contribution in [0.25, 0.3) is 5.69 Å². The number of amides is 2. The van der Waals surface area contributed by atoms with E-state index >= 15 is 0 Å². The van der Waals surface area contributed by atoms with Crippen LogP contribution in [0.5, 0.6) is 0 Å². The van der Waals surface area contributed by atoms with E-state index in [0.29, 0.717) is 12.1 Å². The summed E-state index contributed by atoms with van der Waals surface area (Å²) >= 11 is 0. The van der Waals surface area contributed by atoms with Crippen LogP contribution in [0, 0.1) is 0 Å². The second-order valence-electron chi connectivity index (χ2n) is 6.51. The van der Waals surface area contributed by atoms with Crippen molar-refractivity contribution < 1.29 is 9.59 Å². The maximum Gasteiger partial charge on any atom is 0.244 e. The Morgan fingerprint density at radius 2 is 1.85 bits per heavy atom. The number of fused-ring (bicyclic) bond motifs is 1. The van der Waals surface area contributed by atoms with Crippen molar-refractivity contribution in [2.24, 2.45) is 0 Å². The van der Waals surface area contributed by atoms with Gasteiger partial charge in [-0.25, -0.2) is 4.68 Å². The summed E-state index contributed by atoms with van der Waals surface area (Å²) in [4.78, 5) is 26.6.